The Balaban J connectivity index is 1.52. The van der Waals surface area contributed by atoms with Gasteiger partial charge in [0.15, 0.2) is 5.78 Å². The highest BCUT2D eigenvalue weighted by Gasteiger charge is 2.29. The molecule has 0 saturated carbocycles. The quantitative estimate of drug-likeness (QED) is 0.638. The number of piperazine rings is 1. The van der Waals surface area contributed by atoms with E-state index in [0.29, 0.717) is 36.8 Å². The van der Waals surface area contributed by atoms with Crippen molar-refractivity contribution in [2.75, 3.05) is 32.7 Å². The zero-order chi connectivity index (χ0) is 22.6. The van der Waals surface area contributed by atoms with Crippen molar-refractivity contribution >= 4 is 33.3 Å². The van der Waals surface area contributed by atoms with Crippen LogP contribution in [0, 0.1) is 0 Å². The molecule has 31 heavy (non-hydrogen) atoms. The standard InChI is InChI=1S/C22H26ClN3O4S/c1-16(18-3-7-20(23)8-4-18)24-22(28)15-25-11-13-26(14-12-25)31(29,30)21-9-5-19(6-10-21)17(2)27/h3-10,16H,11-15H2,1-2H3,(H,24,28). The van der Waals surface area contributed by atoms with E-state index < -0.39 is 10.0 Å². The van der Waals surface area contributed by atoms with E-state index in [9.17, 15) is 18.0 Å². The summed E-state index contributed by atoms with van der Waals surface area (Å²) < 4.78 is 27.1. The lowest BCUT2D eigenvalue weighted by atomic mass is 10.1. The van der Waals surface area contributed by atoms with Gasteiger partial charge >= 0.3 is 0 Å². The Labute approximate surface area is 188 Å². The van der Waals surface area contributed by atoms with Crippen LogP contribution in [0.2, 0.25) is 5.02 Å². The van der Waals surface area contributed by atoms with Crippen LogP contribution in [0.25, 0.3) is 0 Å². The number of hydrogen-bond acceptors (Lipinski definition) is 5. The molecule has 1 atom stereocenters. The van der Waals surface area contributed by atoms with Crippen LogP contribution in [0.1, 0.15) is 35.8 Å². The maximum Gasteiger partial charge on any atom is 0.243 e. The number of carbonyl (C=O) groups excluding carboxylic acids is 2. The molecule has 1 fully saturated rings. The molecule has 0 radical (unpaired) electrons. The number of benzene rings is 2. The number of sulfonamides is 1. The molecule has 0 bridgehead atoms. The van der Waals surface area contributed by atoms with E-state index in [1.807, 2.05) is 24.0 Å². The second-order valence-corrected chi connectivity index (χ2v) is 9.98. The monoisotopic (exact) mass is 463 g/mol. The zero-order valence-corrected chi connectivity index (χ0v) is 19.1. The average molecular weight is 464 g/mol. The molecule has 1 saturated heterocycles. The number of amides is 1. The zero-order valence-electron chi connectivity index (χ0n) is 17.5. The van der Waals surface area contributed by atoms with E-state index in [0.717, 1.165) is 5.56 Å². The third-order valence-electron chi connectivity index (χ3n) is 5.34. The van der Waals surface area contributed by atoms with Gasteiger partial charge in [-0.05, 0) is 43.7 Å². The first kappa shape index (κ1) is 23.4. The fourth-order valence-electron chi connectivity index (χ4n) is 3.46. The predicted molar refractivity (Wildman–Crippen MR) is 120 cm³/mol. The summed E-state index contributed by atoms with van der Waals surface area (Å²) in [5.74, 6) is -0.222. The Morgan fingerprint density at radius 1 is 1.00 bits per heavy atom. The summed E-state index contributed by atoms with van der Waals surface area (Å²) in [5, 5.41) is 3.60. The van der Waals surface area contributed by atoms with Crippen LogP contribution in [0.3, 0.4) is 0 Å². The van der Waals surface area contributed by atoms with E-state index in [-0.39, 0.29) is 29.2 Å². The van der Waals surface area contributed by atoms with Gasteiger partial charge in [0.1, 0.15) is 0 Å². The van der Waals surface area contributed by atoms with E-state index in [1.165, 1.54) is 35.5 Å². The largest absolute Gasteiger partial charge is 0.348 e. The molecule has 0 aliphatic carbocycles. The van der Waals surface area contributed by atoms with Crippen molar-refractivity contribution in [1.29, 1.82) is 0 Å². The van der Waals surface area contributed by atoms with Crippen LogP contribution < -0.4 is 5.32 Å². The first-order valence-corrected chi connectivity index (χ1v) is 11.9. The van der Waals surface area contributed by atoms with Gasteiger partial charge in [0, 0.05) is 36.8 Å². The minimum atomic E-state index is -3.63. The summed E-state index contributed by atoms with van der Waals surface area (Å²) in [6, 6.07) is 13.1. The van der Waals surface area contributed by atoms with Gasteiger partial charge < -0.3 is 5.32 Å². The third kappa shape index (κ3) is 5.92. The van der Waals surface area contributed by atoms with Crippen molar-refractivity contribution in [3.05, 3.63) is 64.7 Å². The molecule has 1 N–H and O–H groups in total. The molecule has 9 heteroatoms. The van der Waals surface area contributed by atoms with Crippen LogP contribution in [-0.2, 0) is 14.8 Å². The predicted octanol–water partition coefficient (Wildman–Crippen LogP) is 2.73. The second-order valence-electron chi connectivity index (χ2n) is 7.60. The molecule has 7 nitrogen and oxygen atoms in total. The fraction of sp³-hybridized carbons (Fsp3) is 0.364. The van der Waals surface area contributed by atoms with E-state index in [4.69, 9.17) is 11.6 Å². The smallest absolute Gasteiger partial charge is 0.243 e. The van der Waals surface area contributed by atoms with E-state index in [2.05, 4.69) is 5.32 Å². The topological polar surface area (TPSA) is 86.8 Å². The third-order valence-corrected chi connectivity index (χ3v) is 7.51. The average Bonchev–Trinajstić information content (AvgIpc) is 2.74. The molecule has 0 aromatic heterocycles. The Kier molecular flexibility index (Phi) is 7.48. The molecule has 1 heterocycles. The van der Waals surface area contributed by atoms with Crippen molar-refractivity contribution in [3.63, 3.8) is 0 Å². The maximum atomic E-state index is 12.9. The number of carbonyl (C=O) groups is 2. The summed E-state index contributed by atoms with van der Waals surface area (Å²) in [6.07, 6.45) is 0. The van der Waals surface area contributed by atoms with Crippen LogP contribution in [0.5, 0.6) is 0 Å². The van der Waals surface area contributed by atoms with Gasteiger partial charge in [-0.15, -0.1) is 0 Å². The van der Waals surface area contributed by atoms with Crippen molar-refractivity contribution in [1.82, 2.24) is 14.5 Å². The fourth-order valence-corrected chi connectivity index (χ4v) is 5.01. The molecular weight excluding hydrogens is 438 g/mol. The van der Waals surface area contributed by atoms with Gasteiger partial charge in [0.25, 0.3) is 0 Å². The van der Waals surface area contributed by atoms with E-state index >= 15 is 0 Å². The first-order chi connectivity index (χ1) is 14.7. The maximum absolute atomic E-state index is 12.9. The Morgan fingerprint density at radius 3 is 2.13 bits per heavy atom. The number of hydrogen-bond donors (Lipinski definition) is 1. The van der Waals surface area contributed by atoms with Crippen molar-refractivity contribution in [3.8, 4) is 0 Å². The molecule has 3 rings (SSSR count). The highest BCUT2D eigenvalue weighted by atomic mass is 35.5. The molecule has 1 amide bonds. The van der Waals surface area contributed by atoms with Crippen LogP contribution in [-0.4, -0.2) is 62.0 Å². The first-order valence-electron chi connectivity index (χ1n) is 10.0. The number of halogens is 1. The summed E-state index contributed by atoms with van der Waals surface area (Å²) >= 11 is 5.90. The summed E-state index contributed by atoms with van der Waals surface area (Å²) in [5.41, 5.74) is 1.44. The molecule has 1 aliphatic heterocycles. The van der Waals surface area contributed by atoms with Gasteiger partial charge in [-0.25, -0.2) is 8.42 Å². The minimum Gasteiger partial charge on any atom is -0.348 e. The van der Waals surface area contributed by atoms with Gasteiger partial charge in [-0.2, -0.15) is 4.31 Å². The molecule has 166 valence electrons. The Bertz CT molecular complexity index is 1030. The molecule has 1 unspecified atom stereocenters. The molecule has 2 aromatic rings. The van der Waals surface area contributed by atoms with Gasteiger partial charge in [-0.3, -0.25) is 14.5 Å². The minimum absolute atomic E-state index is 0.110. The molecule has 2 aromatic carbocycles. The van der Waals surface area contributed by atoms with Crippen molar-refractivity contribution < 1.29 is 18.0 Å². The van der Waals surface area contributed by atoms with Gasteiger partial charge in [0.2, 0.25) is 15.9 Å². The van der Waals surface area contributed by atoms with Crippen LogP contribution >= 0.6 is 11.6 Å². The normalized spacial score (nSPS) is 16.6. The van der Waals surface area contributed by atoms with E-state index in [1.54, 1.807) is 12.1 Å². The SMILES string of the molecule is CC(=O)c1ccc(S(=O)(=O)N2CCN(CC(=O)NC(C)c3ccc(Cl)cc3)CC2)cc1. The second kappa shape index (κ2) is 9.91. The summed E-state index contributed by atoms with van der Waals surface area (Å²) in [6.45, 7) is 5.09. The molecule has 1 aliphatic rings. The number of rotatable bonds is 7. The van der Waals surface area contributed by atoms with Crippen LogP contribution in [0.4, 0.5) is 0 Å². The molecule has 0 spiro atoms. The number of nitrogens with one attached hydrogen (secondary N) is 1. The van der Waals surface area contributed by atoms with Gasteiger partial charge in [-0.1, -0.05) is 35.9 Å². The highest BCUT2D eigenvalue weighted by molar-refractivity contribution is 7.89. The number of nitrogens with zero attached hydrogens (tertiary/aromatic N) is 2. The van der Waals surface area contributed by atoms with Crippen LogP contribution in [0.15, 0.2) is 53.4 Å². The summed E-state index contributed by atoms with van der Waals surface area (Å²) in [7, 11) is -3.63. The number of ketones is 1. The Morgan fingerprint density at radius 2 is 1.58 bits per heavy atom. The highest BCUT2D eigenvalue weighted by Crippen LogP contribution is 2.19. The lowest BCUT2D eigenvalue weighted by Gasteiger charge is -2.33. The lowest BCUT2D eigenvalue weighted by Crippen LogP contribution is -2.51. The van der Waals surface area contributed by atoms with Crippen molar-refractivity contribution in [2.24, 2.45) is 0 Å². The molecular formula is C22H26ClN3O4S. The lowest BCUT2D eigenvalue weighted by molar-refractivity contribution is -0.123. The van der Waals surface area contributed by atoms with Gasteiger partial charge in [0.05, 0.1) is 17.5 Å². The summed E-state index contributed by atoms with van der Waals surface area (Å²) in [4.78, 5) is 25.9. The van der Waals surface area contributed by atoms with Crippen molar-refractivity contribution in [2.45, 2.75) is 24.8 Å². The number of Topliss-reactive ketones (excluding diaryl/α,β-unsaturated/α-hetero) is 1. The Hall–Kier alpha value is -2.26.